The molecule has 3 heterocycles. The van der Waals surface area contributed by atoms with Gasteiger partial charge in [0.1, 0.15) is 0 Å². The van der Waals surface area contributed by atoms with E-state index in [9.17, 15) is 0 Å². The number of aromatic nitrogens is 2. The number of nitrogens with zero attached hydrogens (tertiary/aromatic N) is 3. The van der Waals surface area contributed by atoms with Gasteiger partial charge in [0.05, 0.1) is 33.9 Å². The Bertz CT molecular complexity index is 2630. The fourth-order valence-corrected chi connectivity index (χ4v) is 8.29. The molecule has 0 spiro atoms. The van der Waals surface area contributed by atoms with E-state index in [4.69, 9.17) is 4.98 Å². The first-order valence-corrected chi connectivity index (χ1v) is 17.7. The number of anilines is 3. The molecule has 2 aromatic heterocycles. The summed E-state index contributed by atoms with van der Waals surface area (Å²) in [6.07, 6.45) is 3.81. The molecule has 0 unspecified atom stereocenters. The highest BCUT2D eigenvalue weighted by Crippen LogP contribution is 2.58. The lowest BCUT2D eigenvalue weighted by Gasteiger charge is -2.46. The summed E-state index contributed by atoms with van der Waals surface area (Å²) in [5.41, 5.74) is 11.7. The van der Waals surface area contributed by atoms with Crippen LogP contribution in [0.3, 0.4) is 0 Å². The number of para-hydroxylation sites is 2. The number of benzene rings is 7. The van der Waals surface area contributed by atoms with Gasteiger partial charge in [0, 0.05) is 23.5 Å². The quantitative estimate of drug-likeness (QED) is 0.172. The molecular formula is C49H33N3. The average Bonchev–Trinajstić information content (AvgIpc) is 3.22. The van der Waals surface area contributed by atoms with Crippen LogP contribution in [0.1, 0.15) is 22.3 Å². The van der Waals surface area contributed by atoms with Gasteiger partial charge >= 0.3 is 0 Å². The van der Waals surface area contributed by atoms with Crippen molar-refractivity contribution in [1.29, 1.82) is 0 Å². The van der Waals surface area contributed by atoms with Crippen molar-refractivity contribution in [3.8, 4) is 22.5 Å². The molecule has 0 bridgehead atoms. The molecule has 3 heteroatoms. The molecule has 0 amide bonds. The zero-order chi connectivity index (χ0) is 34.5. The molecule has 52 heavy (non-hydrogen) atoms. The van der Waals surface area contributed by atoms with Crippen LogP contribution in [0.2, 0.25) is 0 Å². The van der Waals surface area contributed by atoms with Crippen LogP contribution in [0.15, 0.2) is 200 Å². The van der Waals surface area contributed by atoms with Gasteiger partial charge in [-0.25, -0.2) is 0 Å². The predicted molar refractivity (Wildman–Crippen MR) is 214 cm³/mol. The van der Waals surface area contributed by atoms with E-state index in [2.05, 4.69) is 180 Å². The number of hydrogen-bond acceptors (Lipinski definition) is 3. The van der Waals surface area contributed by atoms with Crippen molar-refractivity contribution in [2.24, 2.45) is 0 Å². The first kappa shape index (κ1) is 30.0. The Morgan fingerprint density at radius 2 is 0.923 bits per heavy atom. The van der Waals surface area contributed by atoms with Gasteiger partial charge in [-0.15, -0.1) is 0 Å². The third kappa shape index (κ3) is 4.67. The van der Waals surface area contributed by atoms with Gasteiger partial charge in [0.2, 0.25) is 0 Å². The molecule has 0 radical (unpaired) electrons. The lowest BCUT2D eigenvalue weighted by atomic mass is 9.62. The first-order valence-electron chi connectivity index (χ1n) is 17.7. The van der Waals surface area contributed by atoms with Gasteiger partial charge < -0.3 is 4.90 Å². The molecule has 0 saturated carbocycles. The van der Waals surface area contributed by atoms with Crippen LogP contribution in [0.4, 0.5) is 17.1 Å². The van der Waals surface area contributed by atoms with E-state index in [1.807, 2.05) is 30.6 Å². The maximum atomic E-state index is 4.95. The molecule has 1 aliphatic rings. The zero-order valence-electron chi connectivity index (χ0n) is 28.4. The number of fused-ring (bicyclic) bond motifs is 4. The van der Waals surface area contributed by atoms with E-state index in [-0.39, 0.29) is 0 Å². The number of rotatable bonds is 5. The van der Waals surface area contributed by atoms with E-state index in [0.29, 0.717) is 0 Å². The predicted octanol–water partition coefficient (Wildman–Crippen LogP) is 12.3. The molecule has 3 nitrogen and oxygen atoms in total. The van der Waals surface area contributed by atoms with Crippen LogP contribution in [-0.2, 0) is 5.41 Å². The maximum absolute atomic E-state index is 4.95. The standard InChI is InChI=1S/C49H33N3/c1-3-17-39(18-4-1)49(40-19-5-2-6-20-40)42-21-9-11-24-46(42)52(47-25-12-10-22-43(47)49)48-32-38-30-35-16-8-7-15-34(35)29-37(38)31-41(48)36-26-27-45(51-33-36)44-23-13-14-28-50-44/h1-33H. The molecule has 10 rings (SSSR count). The third-order valence-corrected chi connectivity index (χ3v) is 10.6. The van der Waals surface area contributed by atoms with Crippen molar-refractivity contribution in [2.75, 3.05) is 4.90 Å². The van der Waals surface area contributed by atoms with Crippen molar-refractivity contribution < 1.29 is 0 Å². The van der Waals surface area contributed by atoms with Gasteiger partial charge in [0.15, 0.2) is 0 Å². The van der Waals surface area contributed by atoms with Crippen molar-refractivity contribution in [3.05, 3.63) is 223 Å². The molecule has 0 fully saturated rings. The largest absolute Gasteiger partial charge is 0.309 e. The summed E-state index contributed by atoms with van der Waals surface area (Å²) in [5, 5.41) is 4.82. The van der Waals surface area contributed by atoms with E-state index in [1.165, 1.54) is 43.8 Å². The molecular weight excluding hydrogens is 631 g/mol. The Kier molecular flexibility index (Phi) is 7.04. The number of hydrogen-bond donors (Lipinski definition) is 0. The smallest absolute Gasteiger partial charge is 0.0886 e. The van der Waals surface area contributed by atoms with Gasteiger partial charge in [-0.05, 0) is 98.4 Å². The van der Waals surface area contributed by atoms with Gasteiger partial charge in [-0.3, -0.25) is 9.97 Å². The van der Waals surface area contributed by atoms with E-state index >= 15 is 0 Å². The molecule has 244 valence electrons. The molecule has 7 aromatic carbocycles. The zero-order valence-corrected chi connectivity index (χ0v) is 28.4. The summed E-state index contributed by atoms with van der Waals surface area (Å²) >= 11 is 0. The third-order valence-electron chi connectivity index (χ3n) is 10.6. The van der Waals surface area contributed by atoms with Crippen LogP contribution in [0.5, 0.6) is 0 Å². The number of pyridine rings is 2. The topological polar surface area (TPSA) is 29.0 Å². The van der Waals surface area contributed by atoms with Gasteiger partial charge in [-0.2, -0.15) is 0 Å². The molecule has 9 aromatic rings. The lowest BCUT2D eigenvalue weighted by molar-refractivity contribution is 0.731. The van der Waals surface area contributed by atoms with Crippen molar-refractivity contribution >= 4 is 38.6 Å². The Morgan fingerprint density at radius 3 is 1.50 bits per heavy atom. The minimum absolute atomic E-state index is 0.536. The van der Waals surface area contributed by atoms with E-state index in [1.54, 1.807) is 0 Å². The Morgan fingerprint density at radius 1 is 0.385 bits per heavy atom. The lowest BCUT2D eigenvalue weighted by Crippen LogP contribution is -2.37. The highest BCUT2D eigenvalue weighted by Gasteiger charge is 2.46. The average molecular weight is 664 g/mol. The summed E-state index contributed by atoms with van der Waals surface area (Å²) in [6, 6.07) is 68.0. The monoisotopic (exact) mass is 663 g/mol. The van der Waals surface area contributed by atoms with Crippen molar-refractivity contribution in [3.63, 3.8) is 0 Å². The minimum atomic E-state index is -0.536. The highest BCUT2D eigenvalue weighted by molar-refractivity contribution is 6.05. The fourth-order valence-electron chi connectivity index (χ4n) is 8.29. The summed E-state index contributed by atoms with van der Waals surface area (Å²) in [7, 11) is 0. The van der Waals surface area contributed by atoms with E-state index in [0.717, 1.165) is 39.6 Å². The van der Waals surface area contributed by atoms with Crippen LogP contribution in [0, 0.1) is 0 Å². The summed E-state index contributed by atoms with van der Waals surface area (Å²) < 4.78 is 0. The van der Waals surface area contributed by atoms with Crippen LogP contribution in [0.25, 0.3) is 44.1 Å². The summed E-state index contributed by atoms with van der Waals surface area (Å²) in [4.78, 5) is 12.0. The molecule has 0 N–H and O–H groups in total. The van der Waals surface area contributed by atoms with Crippen LogP contribution >= 0.6 is 0 Å². The fraction of sp³-hybridized carbons (Fsp3) is 0.0204. The van der Waals surface area contributed by atoms with Crippen LogP contribution in [-0.4, -0.2) is 9.97 Å². The highest BCUT2D eigenvalue weighted by atomic mass is 15.2. The van der Waals surface area contributed by atoms with Gasteiger partial charge in [-0.1, -0.05) is 133 Å². The molecule has 0 aliphatic carbocycles. The Hall–Kier alpha value is -6.84. The SMILES string of the molecule is c1ccc(C2(c3ccccc3)c3ccccc3N(c3cc4cc5ccccc5cc4cc3-c3ccc(-c4ccccn4)nc3)c3ccccc32)cc1. The summed E-state index contributed by atoms with van der Waals surface area (Å²) in [6.45, 7) is 0. The van der Waals surface area contributed by atoms with Crippen LogP contribution < -0.4 is 4.90 Å². The Labute approximate surface area is 303 Å². The second kappa shape index (κ2) is 12.2. The Balaban J connectivity index is 1.28. The second-order valence-electron chi connectivity index (χ2n) is 13.4. The minimum Gasteiger partial charge on any atom is -0.309 e. The molecule has 1 aliphatic heterocycles. The maximum Gasteiger partial charge on any atom is 0.0886 e. The first-order chi connectivity index (χ1) is 25.8. The van der Waals surface area contributed by atoms with Crippen molar-refractivity contribution in [2.45, 2.75) is 5.41 Å². The second-order valence-corrected chi connectivity index (χ2v) is 13.4. The van der Waals surface area contributed by atoms with Crippen molar-refractivity contribution in [1.82, 2.24) is 9.97 Å². The van der Waals surface area contributed by atoms with E-state index < -0.39 is 5.41 Å². The summed E-state index contributed by atoms with van der Waals surface area (Å²) in [5.74, 6) is 0. The van der Waals surface area contributed by atoms with Gasteiger partial charge in [0.25, 0.3) is 0 Å². The molecule has 0 saturated heterocycles. The normalized spacial score (nSPS) is 13.1. The molecule has 0 atom stereocenters.